The third kappa shape index (κ3) is 2.91. The molecule has 7 heteroatoms. The normalized spacial score (nSPS) is 17.2. The molecular weight excluding hydrogens is 312 g/mol. The third-order valence-corrected chi connectivity index (χ3v) is 3.71. The number of carbonyl (C=O) groups excluding carboxylic acids is 2. The van der Waals surface area contributed by atoms with Crippen molar-refractivity contribution in [2.45, 2.75) is 12.5 Å². The van der Waals surface area contributed by atoms with Crippen LogP contribution in [0.15, 0.2) is 48.5 Å². The van der Waals surface area contributed by atoms with E-state index in [2.05, 4.69) is 5.32 Å². The fourth-order valence-corrected chi connectivity index (χ4v) is 2.57. The summed E-state index contributed by atoms with van der Waals surface area (Å²) in [6.07, 6.45) is -0.0187. The van der Waals surface area contributed by atoms with E-state index in [1.165, 1.54) is 36.4 Å². The van der Waals surface area contributed by atoms with Crippen molar-refractivity contribution in [2.24, 2.45) is 0 Å². The minimum atomic E-state index is -1.08. The van der Waals surface area contributed by atoms with Gasteiger partial charge in [-0.3, -0.25) is 9.59 Å². The van der Waals surface area contributed by atoms with E-state index in [-0.39, 0.29) is 23.6 Å². The van der Waals surface area contributed by atoms with E-state index in [1.807, 2.05) is 0 Å². The molecule has 24 heavy (non-hydrogen) atoms. The number of hydrogen-bond acceptors (Lipinski definition) is 5. The van der Waals surface area contributed by atoms with Crippen molar-refractivity contribution in [1.29, 1.82) is 0 Å². The molecular formula is C17H14N2O5. The van der Waals surface area contributed by atoms with Crippen molar-refractivity contribution < 1.29 is 24.6 Å². The van der Waals surface area contributed by atoms with Crippen molar-refractivity contribution in [3.63, 3.8) is 0 Å². The first-order valence-corrected chi connectivity index (χ1v) is 7.21. The average molecular weight is 326 g/mol. The van der Waals surface area contributed by atoms with Crippen LogP contribution in [0.5, 0.6) is 5.75 Å². The number of hydrogen-bond donors (Lipinski definition) is 3. The summed E-state index contributed by atoms with van der Waals surface area (Å²) in [5.41, 5.74) is 0.937. The smallest absolute Gasteiger partial charge is 0.335 e. The summed E-state index contributed by atoms with van der Waals surface area (Å²) in [6.45, 7) is 0. The van der Waals surface area contributed by atoms with Crippen LogP contribution >= 0.6 is 0 Å². The SMILES string of the molecule is O=C(O)c1ccc(N2C(=O)CC(Nc3cccc(O)c3)C2=O)cc1. The van der Waals surface area contributed by atoms with Gasteiger partial charge in [-0.25, -0.2) is 9.69 Å². The molecule has 1 aliphatic heterocycles. The molecule has 0 aliphatic carbocycles. The van der Waals surface area contributed by atoms with Crippen LogP contribution in [0, 0.1) is 0 Å². The van der Waals surface area contributed by atoms with Crippen LogP contribution in [0.4, 0.5) is 11.4 Å². The third-order valence-electron chi connectivity index (χ3n) is 3.71. The van der Waals surface area contributed by atoms with Gasteiger partial charge in [-0.15, -0.1) is 0 Å². The topological polar surface area (TPSA) is 107 Å². The van der Waals surface area contributed by atoms with Crippen LogP contribution in [0.1, 0.15) is 16.8 Å². The maximum Gasteiger partial charge on any atom is 0.335 e. The average Bonchev–Trinajstić information content (AvgIpc) is 2.81. The molecule has 0 radical (unpaired) electrons. The van der Waals surface area contributed by atoms with E-state index in [4.69, 9.17) is 5.11 Å². The predicted octanol–water partition coefficient (Wildman–Crippen LogP) is 1.83. The molecule has 0 aromatic heterocycles. The summed E-state index contributed by atoms with van der Waals surface area (Å²) in [4.78, 5) is 36.6. The molecule has 3 N–H and O–H groups in total. The standard InChI is InChI=1S/C17H14N2O5/c20-13-3-1-2-11(8-13)18-14-9-15(21)19(16(14)22)12-6-4-10(5-7-12)17(23)24/h1-8,14,18,20H,9H2,(H,23,24). The van der Waals surface area contributed by atoms with Gasteiger partial charge in [-0.05, 0) is 36.4 Å². The number of rotatable bonds is 4. The molecule has 3 rings (SSSR count). The second-order valence-corrected chi connectivity index (χ2v) is 5.37. The molecule has 7 nitrogen and oxygen atoms in total. The summed E-state index contributed by atoms with van der Waals surface area (Å²) in [5, 5.41) is 21.3. The summed E-state index contributed by atoms with van der Waals surface area (Å²) in [6, 6.07) is 11.1. The lowest BCUT2D eigenvalue weighted by molar-refractivity contribution is -0.121. The van der Waals surface area contributed by atoms with Crippen molar-refractivity contribution >= 4 is 29.2 Å². The van der Waals surface area contributed by atoms with Crippen molar-refractivity contribution in [1.82, 2.24) is 0 Å². The van der Waals surface area contributed by atoms with Gasteiger partial charge in [-0.1, -0.05) is 6.07 Å². The van der Waals surface area contributed by atoms with Gasteiger partial charge in [-0.2, -0.15) is 0 Å². The Bertz CT molecular complexity index is 816. The van der Waals surface area contributed by atoms with Gasteiger partial charge in [0.25, 0.3) is 5.91 Å². The highest BCUT2D eigenvalue weighted by molar-refractivity contribution is 6.23. The molecule has 1 aliphatic rings. The maximum absolute atomic E-state index is 12.5. The monoisotopic (exact) mass is 326 g/mol. The minimum Gasteiger partial charge on any atom is -0.508 e. The molecule has 122 valence electrons. The Morgan fingerprint density at radius 2 is 1.83 bits per heavy atom. The molecule has 2 amide bonds. The number of anilines is 2. The van der Waals surface area contributed by atoms with Crippen LogP contribution in [-0.4, -0.2) is 34.0 Å². The second-order valence-electron chi connectivity index (χ2n) is 5.37. The first-order valence-electron chi connectivity index (χ1n) is 7.21. The minimum absolute atomic E-state index is 0.0187. The zero-order valence-corrected chi connectivity index (χ0v) is 12.5. The van der Waals surface area contributed by atoms with Crippen LogP contribution in [-0.2, 0) is 9.59 Å². The molecule has 1 saturated heterocycles. The van der Waals surface area contributed by atoms with Gasteiger partial charge in [0.05, 0.1) is 17.7 Å². The van der Waals surface area contributed by atoms with Gasteiger partial charge in [0.15, 0.2) is 0 Å². The van der Waals surface area contributed by atoms with Crippen molar-refractivity contribution in [3.05, 3.63) is 54.1 Å². The highest BCUT2D eigenvalue weighted by Crippen LogP contribution is 2.26. The number of carbonyl (C=O) groups is 3. The van der Waals surface area contributed by atoms with Crippen LogP contribution in [0.25, 0.3) is 0 Å². The summed E-state index contributed by atoms with van der Waals surface area (Å²) < 4.78 is 0. The highest BCUT2D eigenvalue weighted by atomic mass is 16.4. The van der Waals surface area contributed by atoms with Gasteiger partial charge in [0.1, 0.15) is 11.8 Å². The summed E-state index contributed by atoms with van der Waals surface area (Å²) in [7, 11) is 0. The fraction of sp³-hybridized carbons (Fsp3) is 0.118. The molecule has 2 aromatic rings. The Hall–Kier alpha value is -3.35. The second kappa shape index (κ2) is 6.04. The molecule has 0 saturated carbocycles. The molecule has 0 bridgehead atoms. The van der Waals surface area contributed by atoms with Crippen molar-refractivity contribution in [2.75, 3.05) is 10.2 Å². The van der Waals surface area contributed by atoms with E-state index < -0.39 is 17.9 Å². The van der Waals surface area contributed by atoms with Gasteiger partial charge in [0, 0.05) is 11.8 Å². The number of carboxylic acid groups (broad SMARTS) is 1. The van der Waals surface area contributed by atoms with Crippen LogP contribution in [0.2, 0.25) is 0 Å². The Balaban J connectivity index is 1.80. The largest absolute Gasteiger partial charge is 0.508 e. The van der Waals surface area contributed by atoms with Gasteiger partial charge >= 0.3 is 5.97 Å². The number of aromatic carboxylic acids is 1. The molecule has 1 unspecified atom stereocenters. The first kappa shape index (κ1) is 15.5. The Kier molecular flexibility index (Phi) is 3.91. The predicted molar refractivity (Wildman–Crippen MR) is 86.0 cm³/mol. The number of amides is 2. The fourth-order valence-electron chi connectivity index (χ4n) is 2.57. The highest BCUT2D eigenvalue weighted by Gasteiger charge is 2.39. The van der Waals surface area contributed by atoms with Gasteiger partial charge < -0.3 is 15.5 Å². The summed E-state index contributed by atoms with van der Waals surface area (Å²) in [5.74, 6) is -1.82. The number of benzene rings is 2. The number of nitrogens with zero attached hydrogens (tertiary/aromatic N) is 1. The number of carboxylic acids is 1. The van der Waals surface area contributed by atoms with E-state index in [1.54, 1.807) is 12.1 Å². The zero-order valence-electron chi connectivity index (χ0n) is 12.5. The number of nitrogens with one attached hydrogen (secondary N) is 1. The Morgan fingerprint density at radius 3 is 2.46 bits per heavy atom. The Morgan fingerprint density at radius 1 is 1.12 bits per heavy atom. The molecule has 1 heterocycles. The van der Waals surface area contributed by atoms with E-state index in [0.29, 0.717) is 11.4 Å². The number of phenols is 1. The quantitative estimate of drug-likeness (QED) is 0.740. The molecule has 2 aromatic carbocycles. The van der Waals surface area contributed by atoms with E-state index >= 15 is 0 Å². The molecule has 0 spiro atoms. The van der Waals surface area contributed by atoms with Crippen LogP contribution < -0.4 is 10.2 Å². The van der Waals surface area contributed by atoms with Crippen LogP contribution in [0.3, 0.4) is 0 Å². The van der Waals surface area contributed by atoms with E-state index in [0.717, 1.165) is 4.90 Å². The molecule has 1 atom stereocenters. The lowest BCUT2D eigenvalue weighted by atomic mass is 10.2. The summed E-state index contributed by atoms with van der Waals surface area (Å²) >= 11 is 0. The maximum atomic E-state index is 12.5. The van der Waals surface area contributed by atoms with Crippen molar-refractivity contribution in [3.8, 4) is 5.75 Å². The van der Waals surface area contributed by atoms with Gasteiger partial charge in [0.2, 0.25) is 5.91 Å². The lowest BCUT2D eigenvalue weighted by Crippen LogP contribution is -2.34. The number of phenolic OH excluding ortho intramolecular Hbond substituents is 1. The van der Waals surface area contributed by atoms with E-state index in [9.17, 15) is 19.5 Å². The number of aromatic hydroxyl groups is 1. The molecule has 1 fully saturated rings. The Labute approximate surface area is 137 Å². The lowest BCUT2D eigenvalue weighted by Gasteiger charge is -2.16. The number of imide groups is 1. The zero-order chi connectivity index (χ0) is 17.3. The first-order chi connectivity index (χ1) is 11.5.